The fraction of sp³-hybridized carbons (Fsp3) is 0.545. The lowest BCUT2D eigenvalue weighted by molar-refractivity contribution is 0.0853. The second-order valence-corrected chi connectivity index (χ2v) is 6.23. The second-order valence-electron chi connectivity index (χ2n) is 3.77. The van der Waals surface area contributed by atoms with Crippen molar-refractivity contribution in [3.8, 4) is 0 Å². The van der Waals surface area contributed by atoms with Crippen molar-refractivity contribution >= 4 is 33.2 Å². The van der Waals surface area contributed by atoms with Crippen molar-refractivity contribution in [2.45, 2.75) is 26.4 Å². The van der Waals surface area contributed by atoms with E-state index >= 15 is 0 Å². The first-order chi connectivity index (χ1) is 7.54. The summed E-state index contributed by atoms with van der Waals surface area (Å²) >= 11 is 4.69. The minimum Gasteiger partial charge on any atom is -0.391 e. The van der Waals surface area contributed by atoms with Gasteiger partial charge in [-0.1, -0.05) is 20.3 Å². The number of aliphatic hydroxyl groups excluding tert-OH is 1. The molecular weight excluding hydrogens is 290 g/mol. The molecule has 0 spiro atoms. The highest BCUT2D eigenvalue weighted by atomic mass is 79.9. The lowest BCUT2D eigenvalue weighted by Gasteiger charge is -2.17. The van der Waals surface area contributed by atoms with Gasteiger partial charge in [0.1, 0.15) is 0 Å². The van der Waals surface area contributed by atoms with Crippen LogP contribution in [0, 0.1) is 5.92 Å². The number of hydrogen-bond acceptors (Lipinski definition) is 3. The van der Waals surface area contributed by atoms with Gasteiger partial charge in [0.2, 0.25) is 0 Å². The lowest BCUT2D eigenvalue weighted by Crippen LogP contribution is -2.35. The van der Waals surface area contributed by atoms with Gasteiger partial charge in [0.15, 0.2) is 0 Å². The fourth-order valence-electron chi connectivity index (χ4n) is 1.19. The van der Waals surface area contributed by atoms with Crippen molar-refractivity contribution in [3.63, 3.8) is 0 Å². The monoisotopic (exact) mass is 305 g/mol. The van der Waals surface area contributed by atoms with E-state index in [1.54, 1.807) is 6.07 Å². The first-order valence-electron chi connectivity index (χ1n) is 5.26. The summed E-state index contributed by atoms with van der Waals surface area (Å²) in [5.41, 5.74) is 0. The van der Waals surface area contributed by atoms with Gasteiger partial charge in [-0.15, -0.1) is 11.3 Å². The van der Waals surface area contributed by atoms with Crippen molar-refractivity contribution in [1.29, 1.82) is 0 Å². The van der Waals surface area contributed by atoms with Gasteiger partial charge in [0.05, 0.1) is 14.8 Å². The predicted molar refractivity (Wildman–Crippen MR) is 69.8 cm³/mol. The lowest BCUT2D eigenvalue weighted by atomic mass is 10.0. The average Bonchev–Trinajstić information content (AvgIpc) is 2.71. The van der Waals surface area contributed by atoms with Gasteiger partial charge in [-0.05, 0) is 34.0 Å². The number of halogens is 1. The summed E-state index contributed by atoms with van der Waals surface area (Å²) in [5, 5.41) is 12.4. The van der Waals surface area contributed by atoms with Crippen LogP contribution < -0.4 is 5.32 Å². The van der Waals surface area contributed by atoms with Gasteiger partial charge in [-0.3, -0.25) is 4.79 Å². The largest absolute Gasteiger partial charge is 0.391 e. The summed E-state index contributed by atoms with van der Waals surface area (Å²) < 4.78 is 0.931. The number of aliphatic hydroxyl groups is 1. The third-order valence-corrected chi connectivity index (χ3v) is 4.19. The van der Waals surface area contributed by atoms with Crippen molar-refractivity contribution in [2.75, 3.05) is 6.54 Å². The molecule has 2 unspecified atom stereocenters. The molecule has 1 heterocycles. The van der Waals surface area contributed by atoms with Crippen LogP contribution in [0.3, 0.4) is 0 Å². The summed E-state index contributed by atoms with van der Waals surface area (Å²) in [5.74, 6) is 0.0772. The highest BCUT2D eigenvalue weighted by Gasteiger charge is 2.14. The normalized spacial score (nSPS) is 14.5. The Morgan fingerprint density at radius 1 is 1.62 bits per heavy atom. The molecule has 0 aliphatic carbocycles. The van der Waals surface area contributed by atoms with E-state index in [2.05, 4.69) is 21.2 Å². The van der Waals surface area contributed by atoms with Gasteiger partial charge in [-0.25, -0.2) is 0 Å². The molecule has 0 saturated heterocycles. The van der Waals surface area contributed by atoms with Gasteiger partial charge in [0.25, 0.3) is 5.91 Å². The maximum atomic E-state index is 11.6. The quantitative estimate of drug-likeness (QED) is 0.878. The van der Waals surface area contributed by atoms with E-state index in [-0.39, 0.29) is 11.8 Å². The van der Waals surface area contributed by atoms with E-state index < -0.39 is 6.10 Å². The maximum Gasteiger partial charge on any atom is 0.261 e. The molecule has 90 valence electrons. The number of nitrogens with one attached hydrogen (secondary N) is 1. The van der Waals surface area contributed by atoms with E-state index in [1.807, 2.05) is 19.9 Å². The Bertz CT molecular complexity index is 354. The number of amides is 1. The van der Waals surface area contributed by atoms with E-state index in [0.717, 1.165) is 10.2 Å². The minimum atomic E-state index is -0.475. The summed E-state index contributed by atoms with van der Waals surface area (Å²) in [6.07, 6.45) is 0.430. The summed E-state index contributed by atoms with van der Waals surface area (Å²) in [6.45, 7) is 4.30. The van der Waals surface area contributed by atoms with Crippen LogP contribution in [0.5, 0.6) is 0 Å². The number of thiophene rings is 1. The van der Waals surface area contributed by atoms with Gasteiger partial charge >= 0.3 is 0 Å². The van der Waals surface area contributed by atoms with Crippen molar-refractivity contribution < 1.29 is 9.90 Å². The molecule has 1 amide bonds. The number of carbonyl (C=O) groups is 1. The van der Waals surface area contributed by atoms with Crippen LogP contribution in [-0.4, -0.2) is 23.7 Å². The predicted octanol–water partition coefficient (Wildman–Crippen LogP) is 2.65. The highest BCUT2D eigenvalue weighted by Crippen LogP contribution is 2.21. The Hall–Kier alpha value is -0.390. The number of hydrogen-bond donors (Lipinski definition) is 2. The molecule has 0 aromatic carbocycles. The molecule has 0 radical (unpaired) electrons. The summed E-state index contributed by atoms with van der Waals surface area (Å²) in [4.78, 5) is 12.3. The van der Waals surface area contributed by atoms with Crippen LogP contribution in [0.15, 0.2) is 15.9 Å². The molecule has 0 aliphatic rings. The highest BCUT2D eigenvalue weighted by molar-refractivity contribution is 9.11. The van der Waals surface area contributed by atoms with Crippen LogP contribution in [0.1, 0.15) is 29.9 Å². The van der Waals surface area contributed by atoms with E-state index in [0.29, 0.717) is 11.4 Å². The van der Waals surface area contributed by atoms with Crippen LogP contribution in [0.2, 0.25) is 0 Å². The zero-order valence-electron chi connectivity index (χ0n) is 9.37. The van der Waals surface area contributed by atoms with E-state index in [9.17, 15) is 9.90 Å². The van der Waals surface area contributed by atoms with Crippen molar-refractivity contribution in [3.05, 3.63) is 20.8 Å². The Labute approximate surface area is 108 Å². The molecule has 5 heteroatoms. The van der Waals surface area contributed by atoms with Crippen molar-refractivity contribution in [1.82, 2.24) is 5.32 Å². The molecule has 2 atom stereocenters. The summed E-state index contributed by atoms with van der Waals surface area (Å²) in [7, 11) is 0. The van der Waals surface area contributed by atoms with E-state index in [1.165, 1.54) is 11.3 Å². The SMILES string of the molecule is CCC(C)C(O)CNC(=O)c1ccc(Br)s1. The van der Waals surface area contributed by atoms with Gasteiger partial charge in [0, 0.05) is 6.54 Å². The Morgan fingerprint density at radius 2 is 2.31 bits per heavy atom. The van der Waals surface area contributed by atoms with Gasteiger partial charge < -0.3 is 10.4 Å². The standard InChI is InChI=1S/C11H16BrNO2S/c1-3-7(2)8(14)6-13-11(15)9-4-5-10(12)16-9/h4-5,7-8,14H,3,6H2,1-2H3,(H,13,15). The molecule has 0 saturated carbocycles. The first-order valence-corrected chi connectivity index (χ1v) is 6.87. The molecule has 0 fully saturated rings. The average molecular weight is 306 g/mol. The molecule has 1 rings (SSSR count). The molecule has 0 bridgehead atoms. The van der Waals surface area contributed by atoms with Gasteiger partial charge in [-0.2, -0.15) is 0 Å². The zero-order valence-corrected chi connectivity index (χ0v) is 11.8. The van der Waals surface area contributed by atoms with Crippen LogP contribution in [0.4, 0.5) is 0 Å². The molecule has 1 aromatic heterocycles. The molecule has 0 aliphatic heterocycles. The number of rotatable bonds is 5. The molecule has 16 heavy (non-hydrogen) atoms. The van der Waals surface area contributed by atoms with Crippen molar-refractivity contribution in [2.24, 2.45) is 5.92 Å². The Kier molecular flexibility index (Phi) is 5.44. The molecule has 3 nitrogen and oxygen atoms in total. The Morgan fingerprint density at radius 3 is 2.81 bits per heavy atom. The maximum absolute atomic E-state index is 11.6. The second kappa shape index (κ2) is 6.37. The smallest absolute Gasteiger partial charge is 0.261 e. The third kappa shape index (κ3) is 3.88. The molecule has 2 N–H and O–H groups in total. The Balaban J connectivity index is 2.41. The zero-order chi connectivity index (χ0) is 12.1. The van der Waals surface area contributed by atoms with Crippen LogP contribution in [0.25, 0.3) is 0 Å². The number of carbonyl (C=O) groups excluding carboxylic acids is 1. The molecular formula is C11H16BrNO2S. The molecule has 1 aromatic rings. The fourth-order valence-corrected chi connectivity index (χ4v) is 2.50. The van der Waals surface area contributed by atoms with Crippen LogP contribution >= 0.6 is 27.3 Å². The van der Waals surface area contributed by atoms with E-state index in [4.69, 9.17) is 0 Å². The topological polar surface area (TPSA) is 49.3 Å². The summed E-state index contributed by atoms with van der Waals surface area (Å²) in [6, 6.07) is 3.60. The first kappa shape index (κ1) is 13.7. The third-order valence-electron chi connectivity index (χ3n) is 2.57. The van der Waals surface area contributed by atoms with Crippen LogP contribution in [-0.2, 0) is 0 Å². The minimum absolute atomic E-state index is 0.127.